The van der Waals surface area contributed by atoms with E-state index < -0.39 is 10.0 Å². The molecule has 2 aromatic rings. The number of hydrogen-bond acceptors (Lipinski definition) is 4. The van der Waals surface area contributed by atoms with E-state index in [1.807, 2.05) is 18.2 Å². The van der Waals surface area contributed by atoms with Crippen molar-refractivity contribution in [3.8, 4) is 0 Å². The first-order valence-corrected chi connectivity index (χ1v) is 8.56. The monoisotopic (exact) mass is 305 g/mol. The van der Waals surface area contributed by atoms with Crippen LogP contribution < -0.4 is 15.8 Å². The van der Waals surface area contributed by atoms with E-state index >= 15 is 0 Å². The predicted octanol–water partition coefficient (Wildman–Crippen LogP) is 1.45. The van der Waals surface area contributed by atoms with Crippen molar-refractivity contribution < 1.29 is 8.42 Å². The van der Waals surface area contributed by atoms with Gasteiger partial charge in [-0.3, -0.25) is 0 Å². The lowest BCUT2D eigenvalue weighted by Crippen LogP contribution is -2.42. The summed E-state index contributed by atoms with van der Waals surface area (Å²) in [6.45, 7) is 1.69. The van der Waals surface area contributed by atoms with Gasteiger partial charge in [0.05, 0.1) is 4.90 Å². The molecule has 0 aromatic heterocycles. The molecule has 0 unspecified atom stereocenters. The van der Waals surface area contributed by atoms with Gasteiger partial charge in [-0.2, -0.15) is 0 Å². The Morgan fingerprint density at radius 1 is 1.05 bits per heavy atom. The first-order chi connectivity index (χ1) is 10.1. The first-order valence-electron chi connectivity index (χ1n) is 7.08. The third-order valence-electron chi connectivity index (χ3n) is 3.87. The summed E-state index contributed by atoms with van der Waals surface area (Å²) < 4.78 is 28.1. The Labute approximate surface area is 124 Å². The molecule has 1 heterocycles. The minimum atomic E-state index is -3.54. The Kier molecular flexibility index (Phi) is 3.84. The smallest absolute Gasteiger partial charge is 0.241 e. The molecule has 1 fully saturated rings. The highest BCUT2D eigenvalue weighted by Gasteiger charge is 2.23. The molecule has 5 nitrogen and oxygen atoms in total. The van der Waals surface area contributed by atoms with E-state index in [-0.39, 0.29) is 6.04 Å². The molecule has 2 aromatic carbocycles. The fourth-order valence-electron chi connectivity index (χ4n) is 2.75. The van der Waals surface area contributed by atoms with E-state index in [1.54, 1.807) is 18.2 Å². The van der Waals surface area contributed by atoms with Crippen LogP contribution in [0.25, 0.3) is 10.8 Å². The number of benzene rings is 2. The standard InChI is InChI=1S/C15H19N3O2S/c16-14-5-6-15(13-4-2-1-3-12(13)14)21(19,20)18-11-7-9-17-10-8-11/h1-6,11,17-18H,7-10,16H2. The Balaban J connectivity index is 2.00. The maximum Gasteiger partial charge on any atom is 0.241 e. The molecule has 1 saturated heterocycles. The number of nitrogen functional groups attached to an aromatic ring is 1. The number of rotatable bonds is 3. The molecule has 0 amide bonds. The van der Waals surface area contributed by atoms with Crippen LogP contribution in [-0.2, 0) is 10.0 Å². The Morgan fingerprint density at radius 2 is 1.71 bits per heavy atom. The minimum Gasteiger partial charge on any atom is -0.398 e. The van der Waals surface area contributed by atoms with Crippen LogP contribution in [0.5, 0.6) is 0 Å². The van der Waals surface area contributed by atoms with Gasteiger partial charge in [-0.1, -0.05) is 24.3 Å². The zero-order valence-corrected chi connectivity index (χ0v) is 12.5. The van der Waals surface area contributed by atoms with E-state index in [9.17, 15) is 8.42 Å². The number of hydrogen-bond donors (Lipinski definition) is 3. The highest BCUT2D eigenvalue weighted by molar-refractivity contribution is 7.89. The van der Waals surface area contributed by atoms with Crippen molar-refractivity contribution in [3.05, 3.63) is 36.4 Å². The first kappa shape index (κ1) is 14.3. The second-order valence-corrected chi connectivity index (χ2v) is 7.03. The molecule has 0 aliphatic carbocycles. The largest absolute Gasteiger partial charge is 0.398 e. The molecule has 0 bridgehead atoms. The summed E-state index contributed by atoms with van der Waals surface area (Å²) in [5.41, 5.74) is 6.52. The van der Waals surface area contributed by atoms with Crippen LogP contribution in [0.1, 0.15) is 12.8 Å². The molecule has 1 aliphatic rings. The summed E-state index contributed by atoms with van der Waals surface area (Å²) in [5.74, 6) is 0. The maximum absolute atomic E-state index is 12.7. The molecule has 6 heteroatoms. The van der Waals surface area contributed by atoms with Crippen molar-refractivity contribution in [3.63, 3.8) is 0 Å². The number of nitrogens with one attached hydrogen (secondary N) is 2. The van der Waals surface area contributed by atoms with Gasteiger partial charge in [0.2, 0.25) is 10.0 Å². The molecular weight excluding hydrogens is 286 g/mol. The molecule has 112 valence electrons. The number of anilines is 1. The highest BCUT2D eigenvalue weighted by Crippen LogP contribution is 2.27. The van der Waals surface area contributed by atoms with Gasteiger partial charge in [-0.05, 0) is 38.1 Å². The quantitative estimate of drug-likeness (QED) is 0.749. The third kappa shape index (κ3) is 2.88. The molecule has 0 spiro atoms. The molecule has 3 rings (SSSR count). The Bertz CT molecular complexity index is 753. The van der Waals surface area contributed by atoms with Crippen LogP contribution in [0, 0.1) is 0 Å². The molecule has 0 saturated carbocycles. The summed E-state index contributed by atoms with van der Waals surface area (Å²) >= 11 is 0. The minimum absolute atomic E-state index is 0.00688. The van der Waals surface area contributed by atoms with E-state index in [0.717, 1.165) is 31.3 Å². The molecule has 0 radical (unpaired) electrons. The molecule has 21 heavy (non-hydrogen) atoms. The van der Waals surface area contributed by atoms with E-state index in [2.05, 4.69) is 10.0 Å². The Morgan fingerprint density at radius 3 is 2.43 bits per heavy atom. The van der Waals surface area contributed by atoms with E-state index in [0.29, 0.717) is 16.0 Å². The van der Waals surface area contributed by atoms with Gasteiger partial charge in [-0.25, -0.2) is 13.1 Å². The average Bonchev–Trinajstić information content (AvgIpc) is 2.48. The predicted molar refractivity (Wildman–Crippen MR) is 84.6 cm³/mol. The van der Waals surface area contributed by atoms with Crippen LogP contribution in [0.2, 0.25) is 0 Å². The molecule has 4 N–H and O–H groups in total. The molecular formula is C15H19N3O2S. The lowest BCUT2D eigenvalue weighted by atomic mass is 10.1. The van der Waals surface area contributed by atoms with Gasteiger partial charge in [0, 0.05) is 22.5 Å². The lowest BCUT2D eigenvalue weighted by molar-refractivity contribution is 0.427. The topological polar surface area (TPSA) is 84.2 Å². The van der Waals surface area contributed by atoms with Crippen molar-refractivity contribution in [2.24, 2.45) is 0 Å². The number of nitrogens with two attached hydrogens (primary N) is 1. The average molecular weight is 305 g/mol. The van der Waals surface area contributed by atoms with Gasteiger partial charge in [0.15, 0.2) is 0 Å². The van der Waals surface area contributed by atoms with Crippen LogP contribution in [0.4, 0.5) is 5.69 Å². The maximum atomic E-state index is 12.7. The second kappa shape index (κ2) is 5.63. The molecule has 1 aliphatic heterocycles. The summed E-state index contributed by atoms with van der Waals surface area (Å²) in [6, 6.07) is 10.5. The van der Waals surface area contributed by atoms with Gasteiger partial charge in [-0.15, -0.1) is 0 Å². The lowest BCUT2D eigenvalue weighted by Gasteiger charge is -2.23. The summed E-state index contributed by atoms with van der Waals surface area (Å²) in [7, 11) is -3.54. The van der Waals surface area contributed by atoms with Crippen LogP contribution in [0.3, 0.4) is 0 Å². The van der Waals surface area contributed by atoms with Gasteiger partial charge in [0.25, 0.3) is 0 Å². The van der Waals surface area contributed by atoms with Gasteiger partial charge >= 0.3 is 0 Å². The number of piperidine rings is 1. The normalized spacial score (nSPS) is 17.1. The second-order valence-electron chi connectivity index (χ2n) is 5.34. The van der Waals surface area contributed by atoms with Gasteiger partial charge in [0.1, 0.15) is 0 Å². The zero-order valence-electron chi connectivity index (χ0n) is 11.7. The number of sulfonamides is 1. The zero-order chi connectivity index (χ0) is 14.9. The van der Waals surface area contributed by atoms with Crippen molar-refractivity contribution in [2.45, 2.75) is 23.8 Å². The van der Waals surface area contributed by atoms with E-state index in [4.69, 9.17) is 5.73 Å². The van der Waals surface area contributed by atoms with Crippen molar-refractivity contribution >= 4 is 26.5 Å². The SMILES string of the molecule is Nc1ccc(S(=O)(=O)NC2CCNCC2)c2ccccc12. The van der Waals surface area contributed by atoms with Crippen molar-refractivity contribution in [2.75, 3.05) is 18.8 Å². The number of fused-ring (bicyclic) bond motifs is 1. The summed E-state index contributed by atoms with van der Waals surface area (Å²) in [5, 5.41) is 4.66. The summed E-state index contributed by atoms with van der Waals surface area (Å²) in [6.07, 6.45) is 1.62. The highest BCUT2D eigenvalue weighted by atomic mass is 32.2. The van der Waals surface area contributed by atoms with Crippen molar-refractivity contribution in [1.82, 2.24) is 10.0 Å². The fourth-order valence-corrected chi connectivity index (χ4v) is 4.27. The van der Waals surface area contributed by atoms with Crippen LogP contribution in [0.15, 0.2) is 41.3 Å². The van der Waals surface area contributed by atoms with E-state index in [1.165, 1.54) is 0 Å². The fraction of sp³-hybridized carbons (Fsp3) is 0.333. The van der Waals surface area contributed by atoms with Crippen LogP contribution in [-0.4, -0.2) is 27.5 Å². The Hall–Kier alpha value is -1.63. The third-order valence-corrected chi connectivity index (χ3v) is 5.45. The summed E-state index contributed by atoms with van der Waals surface area (Å²) in [4.78, 5) is 0.297. The van der Waals surface area contributed by atoms with Gasteiger partial charge < -0.3 is 11.1 Å². The van der Waals surface area contributed by atoms with Crippen LogP contribution >= 0.6 is 0 Å². The molecule has 0 atom stereocenters. The van der Waals surface area contributed by atoms with Crippen molar-refractivity contribution in [1.29, 1.82) is 0 Å².